The van der Waals surface area contributed by atoms with E-state index in [0.717, 1.165) is 62.3 Å². The Morgan fingerprint density at radius 3 is 0.899 bits per heavy atom. The van der Waals surface area contributed by atoms with Gasteiger partial charge in [-0.15, -0.1) is 12.3 Å². The summed E-state index contributed by atoms with van der Waals surface area (Å²) in [6.07, 6.45) is -5.38. The molecule has 3 aliphatic heterocycles. The van der Waals surface area contributed by atoms with Crippen LogP contribution in [0.25, 0.3) is 0 Å². The zero-order chi connectivity index (χ0) is 110. The standard InChI is InChI=1S/C97H158N11O39P/c1-18-19-48-137-148(108-83(58(2)3)59(4)5)147-73-34-32-72(33-35-73)93(127)107-97(55-128-49-36-80(124)101-42-26-39-98-77(121)29-20-23-45-131-94-84(104-60(6)109)90(141-69(15)118)87(138-66(12)115)74(144-94)52-134-63(9)112,56-129-50-37-81(125)102-43-27-40-99-78(122)30-21-24-46-132-95-85(105-61(7)110)91(142-70(16)119)88(139-67(13)116)75(145-95)53-135-64(10)113)57-130-51-38-82(126)103-44-28-41-100-79(123)31-22-25-47-133-96-86(106-62(8)111)92(143-71(17)120)89(140-68(14)117)76(146-96)54-136-65(11)114/h1,58-59,72-76,83-92,94-96,108H,19-57H2,2-17H3,(H,98,121)(H,99,122)(H,100,123)(H,101,124)(H,102,125)(H,103,126)(H,104,109)(H,105,110)(H,106,111)(H,107,127). The second-order valence-electron chi connectivity index (χ2n) is 36.7. The van der Waals surface area contributed by atoms with Crippen molar-refractivity contribution in [2.45, 2.75) is 349 Å². The van der Waals surface area contributed by atoms with Crippen molar-refractivity contribution in [1.29, 1.82) is 0 Å². The predicted octanol–water partition coefficient (Wildman–Crippen LogP) is 1.57. The Hall–Kier alpha value is -10.6. The summed E-state index contributed by atoms with van der Waals surface area (Å²) in [6.45, 7) is 20.6. The van der Waals surface area contributed by atoms with Crippen molar-refractivity contribution in [3.8, 4) is 12.3 Å². The van der Waals surface area contributed by atoms with Crippen LogP contribution in [-0.2, 0) is 185 Å². The van der Waals surface area contributed by atoms with Crippen molar-refractivity contribution >= 4 is 121 Å². The third kappa shape index (κ3) is 54.2. The number of hydrogen-bond donors (Lipinski definition) is 11. The molecule has 16 atom stereocenters. The Kier molecular flexibility index (Phi) is 63.1. The predicted molar refractivity (Wildman–Crippen MR) is 520 cm³/mol. The van der Waals surface area contributed by atoms with Gasteiger partial charge < -0.3 is 147 Å². The molecule has 10 amide bonds. The van der Waals surface area contributed by atoms with Gasteiger partial charge in [0.2, 0.25) is 59.1 Å². The number of esters is 9. The van der Waals surface area contributed by atoms with E-state index >= 15 is 0 Å². The smallest absolute Gasteiger partial charge is 0.303 e. The molecule has 0 radical (unpaired) electrons. The minimum absolute atomic E-state index is 0.0190. The molecule has 1 aliphatic carbocycles. The van der Waals surface area contributed by atoms with Gasteiger partial charge in [0.25, 0.3) is 8.53 Å². The van der Waals surface area contributed by atoms with Gasteiger partial charge in [-0.25, -0.2) is 5.09 Å². The highest BCUT2D eigenvalue weighted by Gasteiger charge is 2.55. The maximum atomic E-state index is 14.9. The van der Waals surface area contributed by atoms with Crippen LogP contribution in [0.3, 0.4) is 0 Å². The fourth-order valence-corrected chi connectivity index (χ4v) is 17.9. The van der Waals surface area contributed by atoms with Crippen LogP contribution >= 0.6 is 8.53 Å². The van der Waals surface area contributed by atoms with Gasteiger partial charge in [-0.2, -0.15) is 0 Å². The van der Waals surface area contributed by atoms with E-state index in [4.69, 9.17) is 101 Å². The van der Waals surface area contributed by atoms with Crippen molar-refractivity contribution in [2.75, 3.05) is 125 Å². The van der Waals surface area contributed by atoms with Gasteiger partial charge in [-0.1, -0.05) is 27.7 Å². The second kappa shape index (κ2) is 72.0. The number of carbonyl (C=O) groups is 19. The molecule has 0 aromatic heterocycles. The first-order valence-electron chi connectivity index (χ1n) is 50.3. The van der Waals surface area contributed by atoms with Crippen LogP contribution in [0, 0.1) is 30.1 Å². The first-order chi connectivity index (χ1) is 70.3. The number of unbranched alkanes of at least 4 members (excludes halogenated alkanes) is 3. The summed E-state index contributed by atoms with van der Waals surface area (Å²) in [7, 11) is -1.60. The fourth-order valence-electron chi connectivity index (χ4n) is 16.2. The van der Waals surface area contributed by atoms with E-state index in [2.05, 4.69) is 91.9 Å². The molecule has 3 saturated heterocycles. The highest BCUT2D eigenvalue weighted by molar-refractivity contribution is 7.45. The molecule has 0 bridgehead atoms. The number of rotatable bonds is 71. The normalized spacial score (nSPS) is 22.6. The molecule has 4 aliphatic rings. The van der Waals surface area contributed by atoms with Crippen molar-refractivity contribution < 1.29 is 185 Å². The molecule has 16 unspecified atom stereocenters. The molecular weight excluding hydrogens is 1970 g/mol. The molecule has 4 rings (SSSR count). The quantitative estimate of drug-likeness (QED) is 0.0135. The van der Waals surface area contributed by atoms with E-state index in [9.17, 15) is 91.1 Å². The maximum absolute atomic E-state index is 14.9. The van der Waals surface area contributed by atoms with Gasteiger partial charge in [0.15, 0.2) is 55.5 Å². The number of ether oxygens (including phenoxy) is 18. The fraction of sp³-hybridized carbons (Fsp3) is 0.784. The van der Waals surface area contributed by atoms with Crippen molar-refractivity contribution in [2.24, 2.45) is 17.8 Å². The Morgan fingerprint density at radius 2 is 0.635 bits per heavy atom. The lowest BCUT2D eigenvalue weighted by atomic mass is 9.86. The van der Waals surface area contributed by atoms with Crippen LogP contribution in [0.15, 0.2) is 0 Å². The molecule has 51 heteroatoms. The summed E-state index contributed by atoms with van der Waals surface area (Å²) >= 11 is 0. The lowest BCUT2D eigenvalue weighted by molar-refractivity contribution is -0.277. The number of amides is 10. The second-order valence-corrected chi connectivity index (χ2v) is 38.0. The Morgan fingerprint density at radius 1 is 0.351 bits per heavy atom. The van der Waals surface area contributed by atoms with Gasteiger partial charge in [-0.3, -0.25) is 91.1 Å². The topological polar surface area (TPSA) is 641 Å². The molecule has 0 aromatic rings. The number of hydrogen-bond acceptors (Lipinski definition) is 40. The van der Waals surface area contributed by atoms with Crippen molar-refractivity contribution in [1.82, 2.24) is 58.3 Å². The van der Waals surface area contributed by atoms with Gasteiger partial charge in [-0.05, 0) is 95.3 Å². The summed E-state index contributed by atoms with van der Waals surface area (Å²) in [5.74, 6) is -8.39. The molecule has 3 heterocycles. The number of nitrogens with one attached hydrogen (secondary N) is 11. The van der Waals surface area contributed by atoms with Crippen molar-refractivity contribution in [3.63, 3.8) is 0 Å². The minimum atomic E-state index is -1.60. The summed E-state index contributed by atoms with van der Waals surface area (Å²) in [4.78, 5) is 240. The van der Waals surface area contributed by atoms with Gasteiger partial charge in [0.05, 0.1) is 52.4 Å². The summed E-state index contributed by atoms with van der Waals surface area (Å²) < 4.78 is 116. The van der Waals surface area contributed by atoms with Gasteiger partial charge >= 0.3 is 53.7 Å². The monoisotopic (exact) mass is 2130 g/mol. The molecule has 148 heavy (non-hydrogen) atoms. The molecule has 0 aromatic carbocycles. The number of terminal acetylenes is 1. The third-order valence-electron chi connectivity index (χ3n) is 22.8. The van der Waals surface area contributed by atoms with Crippen LogP contribution in [0.1, 0.15) is 239 Å². The zero-order valence-electron chi connectivity index (χ0n) is 88.1. The van der Waals surface area contributed by atoms with E-state index in [1.165, 1.54) is 20.8 Å². The molecule has 1 saturated carbocycles. The maximum Gasteiger partial charge on any atom is 0.303 e. The van der Waals surface area contributed by atoms with E-state index < -0.39 is 227 Å². The zero-order valence-corrected chi connectivity index (χ0v) is 89.0. The molecule has 4 fully saturated rings. The molecule has 0 spiro atoms. The SMILES string of the molecule is C#CCCOP(NC(C(C)C)C(C)C)OC1CCC(C(=O)NC(COCCC(=O)NCCCNC(=O)CCCCOC2OC(COC(C)=O)C(OC(C)=O)C(OC(C)=O)C2NC(C)=O)(COCCC(=O)NCCCNC(=O)CCCCOC2OC(COC(C)=O)C(OC(C)=O)C(OC(C)=O)C2NC(C)=O)COCCC(=O)NCCCNC(=O)CCCCOC2OC(COC(C)=O)C(OC(C)=O)C(OC(C)=O)C2NC(C)=O)CC1. The first-order valence-corrected chi connectivity index (χ1v) is 51.5. The summed E-state index contributed by atoms with van der Waals surface area (Å²) in [5.41, 5.74) is -1.54. The van der Waals surface area contributed by atoms with Gasteiger partial charge in [0, 0.05) is 199 Å². The minimum Gasteiger partial charge on any atom is -0.463 e. The average Bonchev–Trinajstić information content (AvgIpc) is 0.791. The highest BCUT2D eigenvalue weighted by Crippen LogP contribution is 2.43. The molecule has 11 N–H and O–H groups in total. The van der Waals surface area contributed by atoms with E-state index in [1.54, 1.807) is 0 Å². The third-order valence-corrected chi connectivity index (χ3v) is 24.2. The summed E-state index contributed by atoms with van der Waals surface area (Å²) in [5, 5.41) is 31.5. The first kappa shape index (κ1) is 130. The Labute approximate surface area is 865 Å². The molecule has 50 nitrogen and oxygen atoms in total. The van der Waals surface area contributed by atoms with Crippen LogP contribution in [0.2, 0.25) is 0 Å². The average molecular weight is 2130 g/mol. The van der Waals surface area contributed by atoms with E-state index in [0.29, 0.717) is 89.9 Å². The van der Waals surface area contributed by atoms with Crippen LogP contribution in [0.4, 0.5) is 0 Å². The highest BCUT2D eigenvalue weighted by atomic mass is 31.2. The van der Waals surface area contributed by atoms with E-state index in [1.807, 2.05) is 0 Å². The van der Waals surface area contributed by atoms with Crippen LogP contribution in [0.5, 0.6) is 0 Å². The lowest BCUT2D eigenvalue weighted by Crippen LogP contribution is -2.66. The Bertz CT molecular complexity index is 3880. The van der Waals surface area contributed by atoms with Crippen LogP contribution in [-0.4, -0.2) is 348 Å². The largest absolute Gasteiger partial charge is 0.463 e. The molecule has 840 valence electrons. The number of carbonyl (C=O) groups excluding carboxylic acids is 19. The van der Waals surface area contributed by atoms with Gasteiger partial charge in [0.1, 0.15) is 61.8 Å². The van der Waals surface area contributed by atoms with Crippen LogP contribution < -0.4 is 58.3 Å². The lowest BCUT2D eigenvalue weighted by Gasteiger charge is -2.44. The summed E-state index contributed by atoms with van der Waals surface area (Å²) in [6, 6.07) is -3.48. The van der Waals surface area contributed by atoms with Crippen molar-refractivity contribution in [3.05, 3.63) is 0 Å². The molecular formula is C97H158N11O39P. The van der Waals surface area contributed by atoms with E-state index in [-0.39, 0.29) is 186 Å². The Balaban J connectivity index is 1.44.